The molecule has 2 aromatic rings. The molecule has 94 valence electrons. The molecule has 0 aromatic heterocycles. The lowest BCUT2D eigenvalue weighted by Crippen LogP contribution is -2.00. The summed E-state index contributed by atoms with van der Waals surface area (Å²) in [5, 5.41) is 4.62. The first-order valence-corrected chi connectivity index (χ1v) is 6.32. The molecule has 0 spiro atoms. The van der Waals surface area contributed by atoms with Crippen LogP contribution in [-0.4, -0.2) is 0 Å². The molecule has 0 aliphatic carbocycles. The summed E-state index contributed by atoms with van der Waals surface area (Å²) in [4.78, 5) is 0. The fraction of sp³-hybridized carbons (Fsp3) is 0.0769. The van der Waals surface area contributed by atoms with E-state index in [1.165, 1.54) is 18.2 Å². The summed E-state index contributed by atoms with van der Waals surface area (Å²) in [5.74, 6) is -0.342. The van der Waals surface area contributed by atoms with Crippen molar-refractivity contribution < 1.29 is 4.39 Å². The van der Waals surface area contributed by atoms with Crippen molar-refractivity contribution in [3.05, 3.63) is 62.8 Å². The molecule has 5 heteroatoms. The lowest BCUT2D eigenvalue weighted by atomic mass is 10.2. The Labute approximate surface area is 119 Å². The van der Waals surface area contributed by atoms with Crippen LogP contribution < -0.4 is 5.32 Å². The number of anilines is 1. The Kier molecular flexibility index (Phi) is 4.33. The molecule has 0 bridgehead atoms. The van der Waals surface area contributed by atoms with Crippen LogP contribution in [0.5, 0.6) is 0 Å². The predicted molar refractivity (Wildman–Crippen MR) is 75.2 cm³/mol. The normalized spacial score (nSPS) is 10.4. The monoisotopic (exact) mass is 303 g/mol. The van der Waals surface area contributed by atoms with E-state index in [0.29, 0.717) is 27.3 Å². The molecule has 0 heterocycles. The van der Waals surface area contributed by atoms with Gasteiger partial charge in [0.25, 0.3) is 0 Å². The molecule has 2 rings (SSSR count). The van der Waals surface area contributed by atoms with Crippen molar-refractivity contribution in [3.63, 3.8) is 0 Å². The lowest BCUT2D eigenvalue weighted by molar-refractivity contribution is 0.628. The maximum Gasteiger partial charge on any atom is 0.125 e. The van der Waals surface area contributed by atoms with Gasteiger partial charge < -0.3 is 5.32 Å². The first-order valence-electron chi connectivity index (χ1n) is 5.18. The van der Waals surface area contributed by atoms with Crippen LogP contribution in [0.1, 0.15) is 5.56 Å². The highest BCUT2D eigenvalue weighted by Crippen LogP contribution is 2.24. The molecule has 0 saturated heterocycles. The Morgan fingerprint density at radius 1 is 0.944 bits per heavy atom. The third-order valence-corrected chi connectivity index (χ3v) is 3.10. The molecule has 0 aliphatic rings. The molecular formula is C13H9Cl3FN. The molecule has 0 unspecified atom stereocenters. The predicted octanol–water partition coefficient (Wildman–Crippen LogP) is 5.40. The van der Waals surface area contributed by atoms with E-state index >= 15 is 0 Å². The highest BCUT2D eigenvalue weighted by molar-refractivity contribution is 6.34. The fourth-order valence-corrected chi connectivity index (χ4v) is 2.30. The van der Waals surface area contributed by atoms with Crippen LogP contribution in [0.4, 0.5) is 10.1 Å². The first kappa shape index (κ1) is 13.5. The smallest absolute Gasteiger partial charge is 0.125 e. The van der Waals surface area contributed by atoms with E-state index < -0.39 is 0 Å². The summed E-state index contributed by atoms with van der Waals surface area (Å²) in [6.07, 6.45) is 0. The molecule has 0 atom stereocenters. The maximum atomic E-state index is 13.1. The Morgan fingerprint density at radius 3 is 2.28 bits per heavy atom. The quantitative estimate of drug-likeness (QED) is 0.800. The largest absolute Gasteiger partial charge is 0.380 e. The molecule has 18 heavy (non-hydrogen) atoms. The highest BCUT2D eigenvalue weighted by Gasteiger charge is 2.03. The summed E-state index contributed by atoms with van der Waals surface area (Å²) < 4.78 is 13.1. The number of halogens is 4. The number of hydrogen-bond acceptors (Lipinski definition) is 1. The topological polar surface area (TPSA) is 12.0 Å². The van der Waals surface area contributed by atoms with Gasteiger partial charge in [-0.2, -0.15) is 0 Å². The zero-order valence-corrected chi connectivity index (χ0v) is 11.5. The van der Waals surface area contributed by atoms with Crippen LogP contribution in [0.2, 0.25) is 15.1 Å². The van der Waals surface area contributed by atoms with Crippen LogP contribution in [0.3, 0.4) is 0 Å². The summed E-state index contributed by atoms with van der Waals surface area (Å²) in [6, 6.07) is 9.38. The van der Waals surface area contributed by atoms with E-state index in [1.807, 2.05) is 0 Å². The Morgan fingerprint density at radius 2 is 1.61 bits per heavy atom. The van der Waals surface area contributed by atoms with E-state index in [4.69, 9.17) is 34.8 Å². The molecule has 0 radical (unpaired) electrons. The molecular weight excluding hydrogens is 296 g/mol. The van der Waals surface area contributed by atoms with Crippen molar-refractivity contribution in [2.75, 3.05) is 5.32 Å². The van der Waals surface area contributed by atoms with Crippen LogP contribution in [0, 0.1) is 5.82 Å². The minimum Gasteiger partial charge on any atom is -0.380 e. The summed E-state index contributed by atoms with van der Waals surface area (Å²) in [7, 11) is 0. The van der Waals surface area contributed by atoms with E-state index in [-0.39, 0.29) is 5.82 Å². The summed E-state index contributed by atoms with van der Waals surface area (Å²) >= 11 is 17.7. The molecule has 0 aliphatic heterocycles. The van der Waals surface area contributed by atoms with Crippen molar-refractivity contribution in [2.24, 2.45) is 0 Å². The molecule has 0 fully saturated rings. The number of nitrogens with one attached hydrogen (secondary N) is 1. The van der Waals surface area contributed by atoms with Crippen LogP contribution in [-0.2, 0) is 6.54 Å². The second-order valence-corrected chi connectivity index (χ2v) is 5.04. The number of rotatable bonds is 3. The van der Waals surface area contributed by atoms with Gasteiger partial charge in [0, 0.05) is 16.6 Å². The Balaban J connectivity index is 2.13. The minimum absolute atomic E-state index is 0.342. The Bertz CT molecular complexity index is 552. The molecule has 0 saturated carbocycles. The van der Waals surface area contributed by atoms with Gasteiger partial charge in [0.15, 0.2) is 0 Å². The maximum absolute atomic E-state index is 13.1. The van der Waals surface area contributed by atoms with Crippen molar-refractivity contribution in [3.8, 4) is 0 Å². The first-order chi connectivity index (χ1) is 8.54. The van der Waals surface area contributed by atoms with Gasteiger partial charge in [-0.1, -0.05) is 34.8 Å². The second-order valence-electron chi connectivity index (χ2n) is 3.76. The van der Waals surface area contributed by atoms with E-state index in [1.54, 1.807) is 18.2 Å². The Hall–Kier alpha value is -0.960. The zero-order chi connectivity index (χ0) is 13.1. The minimum atomic E-state index is -0.342. The fourth-order valence-electron chi connectivity index (χ4n) is 1.54. The van der Waals surface area contributed by atoms with Crippen molar-refractivity contribution >= 4 is 40.5 Å². The van der Waals surface area contributed by atoms with Gasteiger partial charge in [-0.05, 0) is 42.0 Å². The van der Waals surface area contributed by atoms with E-state index in [0.717, 1.165) is 5.56 Å². The molecule has 1 nitrogen and oxygen atoms in total. The molecule has 2 aromatic carbocycles. The highest BCUT2D eigenvalue weighted by atomic mass is 35.5. The van der Waals surface area contributed by atoms with Crippen LogP contribution >= 0.6 is 34.8 Å². The number of hydrogen-bond donors (Lipinski definition) is 1. The lowest BCUT2D eigenvalue weighted by Gasteiger charge is -2.09. The van der Waals surface area contributed by atoms with Gasteiger partial charge in [-0.25, -0.2) is 4.39 Å². The standard InChI is InChI=1S/C13H9Cl3FN/c14-9-3-8(4-10(15)5-9)7-18-13-6-11(17)1-2-12(13)16/h1-6,18H,7H2. The third-order valence-electron chi connectivity index (χ3n) is 2.33. The molecule has 1 N–H and O–H groups in total. The van der Waals surface area contributed by atoms with E-state index in [2.05, 4.69) is 5.32 Å². The van der Waals surface area contributed by atoms with Gasteiger partial charge in [-0.15, -0.1) is 0 Å². The van der Waals surface area contributed by atoms with Gasteiger partial charge >= 0.3 is 0 Å². The summed E-state index contributed by atoms with van der Waals surface area (Å²) in [5.41, 5.74) is 1.43. The van der Waals surface area contributed by atoms with Gasteiger partial charge in [-0.3, -0.25) is 0 Å². The van der Waals surface area contributed by atoms with Gasteiger partial charge in [0.05, 0.1) is 10.7 Å². The van der Waals surface area contributed by atoms with Crippen molar-refractivity contribution in [2.45, 2.75) is 6.54 Å². The number of benzene rings is 2. The average Bonchev–Trinajstić information content (AvgIpc) is 2.29. The van der Waals surface area contributed by atoms with Crippen LogP contribution in [0.25, 0.3) is 0 Å². The third kappa shape index (κ3) is 3.52. The van der Waals surface area contributed by atoms with Crippen molar-refractivity contribution in [1.29, 1.82) is 0 Å². The average molecular weight is 305 g/mol. The second kappa shape index (κ2) is 5.79. The van der Waals surface area contributed by atoms with Gasteiger partial charge in [0.2, 0.25) is 0 Å². The summed E-state index contributed by atoms with van der Waals surface area (Å²) in [6.45, 7) is 0.462. The SMILES string of the molecule is Fc1ccc(Cl)c(NCc2cc(Cl)cc(Cl)c2)c1. The zero-order valence-electron chi connectivity index (χ0n) is 9.18. The van der Waals surface area contributed by atoms with Crippen LogP contribution in [0.15, 0.2) is 36.4 Å². The molecule has 0 amide bonds. The van der Waals surface area contributed by atoms with Gasteiger partial charge in [0.1, 0.15) is 5.82 Å². The van der Waals surface area contributed by atoms with Crippen molar-refractivity contribution in [1.82, 2.24) is 0 Å². The van der Waals surface area contributed by atoms with E-state index in [9.17, 15) is 4.39 Å².